The zero-order chi connectivity index (χ0) is 48.4. The molecule has 362 valence electrons. The van der Waals surface area contributed by atoms with Gasteiger partial charge in [0.25, 0.3) is 0 Å². The molecule has 4 bridgehead atoms. The lowest BCUT2D eigenvalue weighted by molar-refractivity contribution is -0.162. The number of amides is 4. The van der Waals surface area contributed by atoms with Crippen molar-refractivity contribution in [3.63, 3.8) is 0 Å². The van der Waals surface area contributed by atoms with Crippen molar-refractivity contribution in [1.82, 2.24) is 15.5 Å². The molecular weight excluding hydrogens is 904 g/mol. The largest absolute Gasteiger partial charge is 0.495 e. The Morgan fingerprint density at radius 3 is 2.54 bits per heavy atom. The van der Waals surface area contributed by atoms with E-state index in [1.807, 2.05) is 19.9 Å². The number of ether oxygens (including phenoxy) is 5. The maximum Gasteiger partial charge on any atom is 0.409 e. The molecule has 2 fully saturated rings. The molecule has 3 heterocycles. The molecule has 0 aliphatic carbocycles. The number of rotatable bonds is 17. The molecule has 3 aliphatic rings. The summed E-state index contributed by atoms with van der Waals surface area (Å²) >= 11 is 6.80. The van der Waals surface area contributed by atoms with Crippen LogP contribution in [0.2, 0.25) is 5.02 Å². The number of methoxy groups -OCH3 is 2. The van der Waals surface area contributed by atoms with E-state index in [0.717, 1.165) is 16.9 Å². The summed E-state index contributed by atoms with van der Waals surface area (Å²) in [5.41, 5.74) is -1.04. The average molecular weight is 970 g/mol. The second-order valence-corrected chi connectivity index (χ2v) is 20.6. The number of hydrogen-bond acceptors (Lipinski definition) is 14. The average Bonchev–Trinajstić information content (AvgIpc) is 3.95. The van der Waals surface area contributed by atoms with Crippen molar-refractivity contribution in [2.45, 2.75) is 134 Å². The van der Waals surface area contributed by atoms with Gasteiger partial charge in [-0.2, -0.15) is 0 Å². The summed E-state index contributed by atoms with van der Waals surface area (Å²) in [4.78, 5) is 80.2. The highest BCUT2D eigenvalue weighted by atomic mass is 35.5. The molecule has 0 aromatic heterocycles. The molecule has 0 spiro atoms. The Balaban J connectivity index is 1.49. The van der Waals surface area contributed by atoms with Gasteiger partial charge in [-0.25, -0.2) is 9.59 Å². The summed E-state index contributed by atoms with van der Waals surface area (Å²) in [7, 11) is 9.21. The number of carboxylic acids is 1. The lowest BCUT2D eigenvalue weighted by atomic mass is 9.83. The monoisotopic (exact) mass is 968 g/mol. The minimum Gasteiger partial charge on any atom is -0.495 e. The number of esters is 1. The Hall–Kier alpha value is -4.01. The van der Waals surface area contributed by atoms with Crippen molar-refractivity contribution in [3.8, 4) is 5.75 Å². The van der Waals surface area contributed by atoms with Gasteiger partial charge in [-0.15, -0.1) is 0 Å². The molecule has 1 aromatic rings. The SMILES string of the molecule is COc1cc2cc(c1Cl)N(C)C(=O)C[C@H](OC(=O)[C@H](C)N(C)C(=O)CCC(C)SSCCCNC(=O)C(C)CC(=O)O)[C@]1(C)O[C@@H]1[C@H](C)[C@@H]1C[C@@](O)(NC(=O)O1)[C@H](OC)/C=C/C=C(\C)C2. The topological polar surface area (TPSA) is 223 Å². The van der Waals surface area contributed by atoms with Gasteiger partial charge in [0, 0.05) is 63.4 Å². The predicted molar refractivity (Wildman–Crippen MR) is 249 cm³/mol. The molecule has 4 amide bonds. The molecule has 3 aliphatic heterocycles. The van der Waals surface area contributed by atoms with E-state index in [0.29, 0.717) is 37.2 Å². The second kappa shape index (κ2) is 23.6. The van der Waals surface area contributed by atoms with Crippen molar-refractivity contribution in [2.24, 2.45) is 11.8 Å². The maximum absolute atomic E-state index is 14.3. The number of aliphatic hydroxyl groups is 1. The summed E-state index contributed by atoms with van der Waals surface area (Å²) in [5.74, 6) is -2.88. The van der Waals surface area contributed by atoms with Gasteiger partial charge in [0.1, 0.15) is 40.7 Å². The van der Waals surface area contributed by atoms with Crippen LogP contribution in [0.5, 0.6) is 5.75 Å². The van der Waals surface area contributed by atoms with E-state index in [1.54, 1.807) is 80.6 Å². The molecule has 4 rings (SSSR count). The Morgan fingerprint density at radius 1 is 1.17 bits per heavy atom. The van der Waals surface area contributed by atoms with Gasteiger partial charge in [0.2, 0.25) is 17.7 Å². The lowest BCUT2D eigenvalue weighted by Crippen LogP contribution is -2.63. The van der Waals surface area contributed by atoms with Crippen molar-refractivity contribution in [2.75, 3.05) is 45.5 Å². The van der Waals surface area contributed by atoms with Crippen molar-refractivity contribution < 1.29 is 62.7 Å². The Labute approximate surface area is 394 Å². The molecular formula is C45H65ClN4O13S2. The molecule has 10 atom stereocenters. The number of anilines is 1. The van der Waals surface area contributed by atoms with E-state index in [-0.39, 0.29) is 47.8 Å². The number of fused-ring (bicyclic) bond motifs is 5. The third-order valence-corrected chi connectivity index (χ3v) is 15.6. The highest BCUT2D eigenvalue weighted by molar-refractivity contribution is 8.76. The lowest BCUT2D eigenvalue weighted by Gasteiger charge is -2.42. The van der Waals surface area contributed by atoms with E-state index >= 15 is 0 Å². The number of allylic oxidation sites excluding steroid dienone is 3. The van der Waals surface area contributed by atoms with E-state index in [9.17, 15) is 33.9 Å². The molecule has 2 unspecified atom stereocenters. The van der Waals surface area contributed by atoms with Gasteiger partial charge in [0.05, 0.1) is 31.7 Å². The first-order chi connectivity index (χ1) is 30.5. The second-order valence-electron chi connectivity index (χ2n) is 17.3. The number of benzene rings is 1. The number of halogens is 1. The molecule has 1 aromatic carbocycles. The van der Waals surface area contributed by atoms with Crippen LogP contribution in [0, 0.1) is 11.8 Å². The van der Waals surface area contributed by atoms with Gasteiger partial charge in [-0.05, 0) is 57.7 Å². The summed E-state index contributed by atoms with van der Waals surface area (Å²) in [6, 6.07) is 2.53. The Kier molecular flexibility index (Phi) is 19.5. The number of nitrogens with one attached hydrogen (secondary N) is 2. The summed E-state index contributed by atoms with van der Waals surface area (Å²) in [5, 5.41) is 26.3. The summed E-state index contributed by atoms with van der Waals surface area (Å²) in [6.07, 6.45) is 1.83. The zero-order valence-electron chi connectivity index (χ0n) is 38.8. The van der Waals surface area contributed by atoms with Crippen molar-refractivity contribution in [1.29, 1.82) is 0 Å². The summed E-state index contributed by atoms with van der Waals surface area (Å²) < 4.78 is 29.4. The van der Waals surface area contributed by atoms with Crippen LogP contribution in [0.3, 0.4) is 0 Å². The minimum atomic E-state index is -1.85. The van der Waals surface area contributed by atoms with Crippen LogP contribution in [-0.2, 0) is 49.3 Å². The highest BCUT2D eigenvalue weighted by Gasteiger charge is 2.64. The number of carboxylic acid groups (broad SMARTS) is 1. The van der Waals surface area contributed by atoms with Crippen LogP contribution in [-0.4, -0.2) is 139 Å². The first-order valence-electron chi connectivity index (χ1n) is 21.7. The number of hydrogen-bond donors (Lipinski definition) is 4. The van der Waals surface area contributed by atoms with Crippen LogP contribution in [0.1, 0.15) is 85.6 Å². The molecule has 17 nitrogen and oxygen atoms in total. The van der Waals surface area contributed by atoms with Crippen LogP contribution < -0.4 is 20.3 Å². The first kappa shape index (κ1) is 53.6. The molecule has 0 radical (unpaired) electrons. The fraction of sp³-hybridized carbons (Fsp3) is 0.644. The van der Waals surface area contributed by atoms with Crippen LogP contribution in [0.15, 0.2) is 35.9 Å². The number of likely N-dealkylation sites (N-methyl/N-ethyl adjacent to an activating group) is 1. The van der Waals surface area contributed by atoms with Gasteiger partial charge >= 0.3 is 18.0 Å². The number of aliphatic carboxylic acids is 1. The molecule has 0 saturated carbocycles. The van der Waals surface area contributed by atoms with Crippen LogP contribution >= 0.6 is 33.2 Å². The zero-order valence-corrected chi connectivity index (χ0v) is 41.2. The number of carbonyl (C=O) groups excluding carboxylic acids is 5. The van der Waals surface area contributed by atoms with E-state index in [4.69, 9.17) is 40.4 Å². The fourth-order valence-electron chi connectivity index (χ4n) is 7.81. The fourth-order valence-corrected chi connectivity index (χ4v) is 10.6. The van der Waals surface area contributed by atoms with Gasteiger partial charge in [-0.3, -0.25) is 24.5 Å². The van der Waals surface area contributed by atoms with Crippen LogP contribution in [0.4, 0.5) is 10.5 Å². The van der Waals surface area contributed by atoms with E-state index in [2.05, 4.69) is 10.6 Å². The highest BCUT2D eigenvalue weighted by Crippen LogP contribution is 2.49. The molecule has 2 saturated heterocycles. The van der Waals surface area contributed by atoms with Crippen LogP contribution in [0.25, 0.3) is 0 Å². The predicted octanol–water partition coefficient (Wildman–Crippen LogP) is 5.68. The quantitative estimate of drug-likeness (QED) is 0.0638. The van der Waals surface area contributed by atoms with E-state index < -0.39 is 77.6 Å². The van der Waals surface area contributed by atoms with Crippen molar-refractivity contribution in [3.05, 3.63) is 46.5 Å². The maximum atomic E-state index is 14.3. The molecule has 65 heavy (non-hydrogen) atoms. The number of nitrogens with zero attached hydrogens (tertiary/aromatic N) is 2. The van der Waals surface area contributed by atoms with Gasteiger partial charge in [0.15, 0.2) is 5.72 Å². The first-order valence-corrected chi connectivity index (χ1v) is 24.4. The minimum absolute atomic E-state index is 0.0754. The summed E-state index contributed by atoms with van der Waals surface area (Å²) in [6.45, 7) is 11.0. The van der Waals surface area contributed by atoms with Crippen molar-refractivity contribution >= 4 is 74.6 Å². The third kappa shape index (κ3) is 14.2. The smallest absolute Gasteiger partial charge is 0.409 e. The number of epoxide rings is 1. The van der Waals surface area contributed by atoms with E-state index in [1.165, 1.54) is 31.1 Å². The Morgan fingerprint density at radius 2 is 1.88 bits per heavy atom. The normalized spacial score (nSPS) is 28.5. The Bertz CT molecular complexity index is 1970. The standard InChI is InChI=1S/C45H65ClN4O13S2/c1-25-13-11-14-34(60-10)45(58)24-33(61-43(57)48-45)28(4)40-44(6,63-40)35(23-37(52)50(8)31-21-30(19-25)22-32(59-9)39(31)46)62-42(56)29(5)49(7)36(51)16-15-27(3)65-64-18-12-17-47-41(55)26(2)20-38(53)54/h11,13-14,21-22,26-29,33-35,40,58H,12,15-20,23-24H2,1-10H3,(H,47,55)(H,48,57)(H,53,54)/b14-11+,25-13+/t26?,27?,28-,29+,33+,34-,35+,40-,44+,45+/m1/s1. The third-order valence-electron chi connectivity index (χ3n) is 12.2. The number of alkyl carbamates (subject to hydrolysis) is 1. The molecule has 4 N–H and O–H groups in total. The van der Waals surface area contributed by atoms with Gasteiger partial charge < -0.3 is 49.0 Å². The molecule has 20 heteroatoms. The van der Waals surface area contributed by atoms with Gasteiger partial charge in [-0.1, -0.05) is 77.8 Å². The number of carbonyl (C=O) groups is 6.